The second kappa shape index (κ2) is 6.72. The van der Waals surface area contributed by atoms with E-state index in [0.29, 0.717) is 6.54 Å². The Morgan fingerprint density at radius 2 is 2.05 bits per heavy atom. The third-order valence-electron chi connectivity index (χ3n) is 2.54. The predicted octanol–water partition coefficient (Wildman–Crippen LogP) is 1.43. The molecular weight excluding hydrogens is 251 g/mol. The van der Waals surface area contributed by atoms with Crippen LogP contribution < -0.4 is 5.73 Å². The summed E-state index contributed by atoms with van der Waals surface area (Å²) >= 11 is 0. The fraction of sp³-hybridized carbons (Fsp3) is 0.385. The van der Waals surface area contributed by atoms with Crippen LogP contribution in [0.15, 0.2) is 18.2 Å². The normalized spacial score (nSPS) is 10.1. The van der Waals surface area contributed by atoms with Crippen molar-refractivity contribution in [3.63, 3.8) is 0 Å². The number of halogens is 1. The highest BCUT2D eigenvalue weighted by molar-refractivity contribution is 6.00. The summed E-state index contributed by atoms with van der Waals surface area (Å²) in [6.07, 6.45) is 0. The van der Waals surface area contributed by atoms with Gasteiger partial charge in [-0.15, -0.1) is 0 Å². The maximum absolute atomic E-state index is 12.9. The van der Waals surface area contributed by atoms with Gasteiger partial charge in [0.1, 0.15) is 12.4 Å². The molecule has 1 amide bonds. The lowest BCUT2D eigenvalue weighted by Crippen LogP contribution is -2.36. The van der Waals surface area contributed by atoms with E-state index in [0.717, 1.165) is 12.1 Å². The number of likely N-dealkylation sites (N-methyl/N-ethyl adjacent to an activating group) is 1. The van der Waals surface area contributed by atoms with Crippen molar-refractivity contribution in [2.75, 3.05) is 25.4 Å². The summed E-state index contributed by atoms with van der Waals surface area (Å²) in [5.41, 5.74) is 5.82. The van der Waals surface area contributed by atoms with Crippen molar-refractivity contribution in [3.05, 3.63) is 29.6 Å². The Balaban J connectivity index is 2.86. The van der Waals surface area contributed by atoms with Crippen LogP contribution in [0.4, 0.5) is 10.1 Å². The van der Waals surface area contributed by atoms with Gasteiger partial charge in [-0.3, -0.25) is 9.59 Å². The van der Waals surface area contributed by atoms with E-state index in [4.69, 9.17) is 10.5 Å². The van der Waals surface area contributed by atoms with E-state index in [1.165, 1.54) is 11.0 Å². The molecule has 0 unspecified atom stereocenters. The van der Waals surface area contributed by atoms with Crippen LogP contribution in [-0.4, -0.2) is 36.5 Å². The minimum Gasteiger partial charge on any atom is -0.465 e. The van der Waals surface area contributed by atoms with E-state index in [1.54, 1.807) is 13.8 Å². The van der Waals surface area contributed by atoms with Crippen LogP contribution in [0, 0.1) is 5.82 Å². The molecule has 0 saturated carbocycles. The van der Waals surface area contributed by atoms with Gasteiger partial charge < -0.3 is 15.4 Å². The molecule has 0 heterocycles. The van der Waals surface area contributed by atoms with E-state index in [2.05, 4.69) is 0 Å². The van der Waals surface area contributed by atoms with Gasteiger partial charge in [-0.25, -0.2) is 4.39 Å². The van der Waals surface area contributed by atoms with E-state index in [9.17, 15) is 14.0 Å². The molecular formula is C13H17FN2O3. The van der Waals surface area contributed by atoms with Crippen LogP contribution >= 0.6 is 0 Å². The third-order valence-corrected chi connectivity index (χ3v) is 2.54. The lowest BCUT2D eigenvalue weighted by Gasteiger charge is -2.20. The van der Waals surface area contributed by atoms with Gasteiger partial charge in [-0.2, -0.15) is 0 Å². The number of carbonyl (C=O) groups excluding carboxylic acids is 2. The molecule has 0 bridgehead atoms. The number of hydrogen-bond acceptors (Lipinski definition) is 4. The highest BCUT2D eigenvalue weighted by Gasteiger charge is 2.20. The third kappa shape index (κ3) is 3.94. The second-order valence-corrected chi connectivity index (χ2v) is 3.86. The number of anilines is 1. The lowest BCUT2D eigenvalue weighted by molar-refractivity contribution is -0.143. The summed E-state index contributed by atoms with van der Waals surface area (Å²) in [6, 6.07) is 3.54. The molecule has 2 N–H and O–H groups in total. The zero-order valence-corrected chi connectivity index (χ0v) is 11.0. The number of benzene rings is 1. The van der Waals surface area contributed by atoms with Crippen LogP contribution in [0.25, 0.3) is 0 Å². The Morgan fingerprint density at radius 3 is 2.58 bits per heavy atom. The summed E-state index contributed by atoms with van der Waals surface area (Å²) < 4.78 is 17.7. The Bertz CT molecular complexity index is 477. The van der Waals surface area contributed by atoms with Crippen molar-refractivity contribution in [3.8, 4) is 0 Å². The number of hydrogen-bond donors (Lipinski definition) is 1. The number of ether oxygens (including phenoxy) is 1. The predicted molar refractivity (Wildman–Crippen MR) is 69.0 cm³/mol. The maximum atomic E-state index is 12.9. The van der Waals surface area contributed by atoms with Crippen molar-refractivity contribution in [2.45, 2.75) is 13.8 Å². The van der Waals surface area contributed by atoms with Gasteiger partial charge in [0.2, 0.25) is 0 Å². The molecule has 0 radical (unpaired) electrons. The molecule has 0 aromatic heterocycles. The van der Waals surface area contributed by atoms with E-state index >= 15 is 0 Å². The van der Waals surface area contributed by atoms with Gasteiger partial charge in [0.15, 0.2) is 0 Å². The molecule has 1 rings (SSSR count). The first-order chi connectivity index (χ1) is 8.99. The first-order valence-corrected chi connectivity index (χ1v) is 5.99. The average Bonchev–Trinajstić information content (AvgIpc) is 2.35. The Labute approximate surface area is 111 Å². The van der Waals surface area contributed by atoms with E-state index in [1.807, 2.05) is 0 Å². The van der Waals surface area contributed by atoms with Gasteiger partial charge >= 0.3 is 5.97 Å². The van der Waals surface area contributed by atoms with Crippen LogP contribution in [0.2, 0.25) is 0 Å². The molecule has 0 atom stereocenters. The van der Waals surface area contributed by atoms with Gasteiger partial charge in [0.05, 0.1) is 12.2 Å². The average molecular weight is 268 g/mol. The maximum Gasteiger partial charge on any atom is 0.325 e. The first kappa shape index (κ1) is 14.9. The molecule has 1 aromatic rings. The molecule has 0 spiro atoms. The Hall–Kier alpha value is -2.11. The van der Waals surface area contributed by atoms with Gasteiger partial charge in [0.25, 0.3) is 5.91 Å². The van der Waals surface area contributed by atoms with Gasteiger partial charge in [-0.1, -0.05) is 0 Å². The molecule has 6 heteroatoms. The number of carbonyl (C=O) groups is 2. The first-order valence-electron chi connectivity index (χ1n) is 5.99. The molecule has 5 nitrogen and oxygen atoms in total. The molecule has 0 fully saturated rings. The summed E-state index contributed by atoms with van der Waals surface area (Å²) in [4.78, 5) is 24.8. The van der Waals surface area contributed by atoms with Crippen LogP contribution in [0.1, 0.15) is 24.2 Å². The number of nitrogens with zero attached hydrogens (tertiary/aromatic N) is 1. The van der Waals surface area contributed by atoms with Crippen molar-refractivity contribution in [1.29, 1.82) is 0 Å². The minimum atomic E-state index is -0.512. The topological polar surface area (TPSA) is 72.6 Å². The van der Waals surface area contributed by atoms with E-state index in [-0.39, 0.29) is 24.4 Å². The molecule has 104 valence electrons. The summed E-state index contributed by atoms with van der Waals surface area (Å²) in [7, 11) is 0. The molecule has 0 saturated heterocycles. The van der Waals surface area contributed by atoms with Crippen LogP contribution in [0.3, 0.4) is 0 Å². The zero-order chi connectivity index (χ0) is 14.4. The molecule has 0 aliphatic heterocycles. The highest BCUT2D eigenvalue weighted by atomic mass is 19.1. The quantitative estimate of drug-likeness (QED) is 0.647. The second-order valence-electron chi connectivity index (χ2n) is 3.86. The zero-order valence-electron chi connectivity index (χ0n) is 11.0. The van der Waals surface area contributed by atoms with Crippen LogP contribution in [-0.2, 0) is 9.53 Å². The molecule has 19 heavy (non-hydrogen) atoms. The lowest BCUT2D eigenvalue weighted by atomic mass is 10.1. The number of rotatable bonds is 5. The number of nitrogen functional groups attached to an aromatic ring is 1. The highest BCUT2D eigenvalue weighted by Crippen LogP contribution is 2.15. The Morgan fingerprint density at radius 1 is 1.37 bits per heavy atom. The van der Waals surface area contributed by atoms with Crippen LogP contribution in [0.5, 0.6) is 0 Å². The molecule has 0 aliphatic rings. The van der Waals surface area contributed by atoms with Crippen molar-refractivity contribution >= 4 is 17.6 Å². The largest absolute Gasteiger partial charge is 0.465 e. The monoisotopic (exact) mass is 268 g/mol. The number of nitrogens with two attached hydrogens (primary N) is 1. The van der Waals surface area contributed by atoms with Gasteiger partial charge in [-0.05, 0) is 32.0 Å². The molecule has 0 aliphatic carbocycles. The number of esters is 1. The summed E-state index contributed by atoms with van der Waals surface area (Å²) in [5, 5.41) is 0. The SMILES string of the molecule is CCOC(=O)CN(CC)C(=O)c1ccc(F)cc1N. The fourth-order valence-electron chi connectivity index (χ4n) is 1.59. The summed E-state index contributed by atoms with van der Waals surface area (Å²) in [5.74, 6) is -1.42. The van der Waals surface area contributed by atoms with Crippen molar-refractivity contribution in [1.82, 2.24) is 4.90 Å². The Kier molecular flexibility index (Phi) is 5.29. The smallest absolute Gasteiger partial charge is 0.325 e. The fourth-order valence-corrected chi connectivity index (χ4v) is 1.59. The van der Waals surface area contributed by atoms with Gasteiger partial charge in [0, 0.05) is 12.2 Å². The molecule has 1 aromatic carbocycles. The minimum absolute atomic E-state index is 0.0484. The standard InChI is InChI=1S/C13H17FN2O3/c1-3-16(8-12(17)19-4-2)13(18)10-6-5-9(14)7-11(10)15/h5-7H,3-4,8,15H2,1-2H3. The summed E-state index contributed by atoms with van der Waals surface area (Å²) in [6.45, 7) is 3.85. The number of amides is 1. The van der Waals surface area contributed by atoms with Crippen molar-refractivity contribution < 1.29 is 18.7 Å². The van der Waals surface area contributed by atoms with E-state index < -0.39 is 17.7 Å². The van der Waals surface area contributed by atoms with Crippen molar-refractivity contribution in [2.24, 2.45) is 0 Å².